The van der Waals surface area contributed by atoms with Crippen LogP contribution in [0.4, 0.5) is 17.5 Å². The molecule has 166 valence electrons. The van der Waals surface area contributed by atoms with Crippen LogP contribution in [0.3, 0.4) is 0 Å². The number of benzene rings is 2. The van der Waals surface area contributed by atoms with Gasteiger partial charge in [0.05, 0.1) is 16.9 Å². The fraction of sp³-hybridized carbons (Fsp3) is 0.130. The third kappa shape index (κ3) is 4.24. The molecule has 0 amide bonds. The molecule has 3 heterocycles. The zero-order valence-corrected chi connectivity index (χ0v) is 19.8. The molecular formula is C23H21ClN8S. The normalized spacial score (nSPS) is 11.3. The van der Waals surface area contributed by atoms with Gasteiger partial charge in [-0.25, -0.2) is 14.5 Å². The first-order valence-corrected chi connectivity index (χ1v) is 11.4. The number of nitrogens with zero attached hydrogens (tertiary/aromatic N) is 6. The van der Waals surface area contributed by atoms with Crippen molar-refractivity contribution in [2.24, 2.45) is 7.05 Å². The Bertz CT molecular complexity index is 1470. The van der Waals surface area contributed by atoms with Crippen molar-refractivity contribution in [1.82, 2.24) is 29.1 Å². The number of imidazole rings is 1. The topological polar surface area (TPSA) is 99.0 Å². The molecule has 0 aliphatic carbocycles. The highest BCUT2D eigenvalue weighted by atomic mass is 35.5. The van der Waals surface area contributed by atoms with Gasteiger partial charge in [-0.05, 0) is 49.2 Å². The number of rotatable bonds is 5. The van der Waals surface area contributed by atoms with Crippen molar-refractivity contribution in [3.63, 3.8) is 0 Å². The summed E-state index contributed by atoms with van der Waals surface area (Å²) >= 11 is 8.12. The van der Waals surface area contributed by atoms with Crippen LogP contribution in [0.1, 0.15) is 11.1 Å². The summed E-state index contributed by atoms with van der Waals surface area (Å²) in [4.78, 5) is 14.3. The fourth-order valence-corrected chi connectivity index (χ4v) is 4.75. The standard InChI is InChI=1S/C23H21ClN8S/c1-13-8-14(2)10-16(9-13)28-20-21-29-22(25)30-32(21)18(12-27-20)15-4-5-19(17(24)11-15)33-23-26-6-7-31(23)3/h4-12H,1-3H3,(H2,25,30)(H,27,28). The SMILES string of the molecule is Cc1cc(C)cc(Nc2ncc(-c3ccc(Sc4nccn4C)c(Cl)c3)n3nc(N)nc23)c1. The Morgan fingerprint density at radius 1 is 1.06 bits per heavy atom. The molecule has 2 aromatic carbocycles. The van der Waals surface area contributed by atoms with Crippen LogP contribution in [-0.4, -0.2) is 29.1 Å². The van der Waals surface area contributed by atoms with Gasteiger partial charge in [-0.2, -0.15) is 4.98 Å². The van der Waals surface area contributed by atoms with Crippen molar-refractivity contribution in [3.05, 3.63) is 71.1 Å². The highest BCUT2D eigenvalue weighted by Gasteiger charge is 2.16. The monoisotopic (exact) mass is 476 g/mol. The lowest BCUT2D eigenvalue weighted by Gasteiger charge is -2.11. The summed E-state index contributed by atoms with van der Waals surface area (Å²) in [7, 11) is 1.95. The Labute approximate surface area is 199 Å². The van der Waals surface area contributed by atoms with Crippen molar-refractivity contribution >= 4 is 46.5 Å². The molecule has 5 aromatic rings. The Morgan fingerprint density at radius 2 is 1.85 bits per heavy atom. The zero-order chi connectivity index (χ0) is 23.1. The van der Waals surface area contributed by atoms with E-state index in [9.17, 15) is 0 Å². The Morgan fingerprint density at radius 3 is 2.55 bits per heavy atom. The predicted molar refractivity (Wildman–Crippen MR) is 132 cm³/mol. The van der Waals surface area contributed by atoms with Crippen LogP contribution in [0.25, 0.3) is 16.9 Å². The molecule has 0 radical (unpaired) electrons. The second-order valence-corrected chi connectivity index (χ2v) is 9.18. The molecule has 33 heavy (non-hydrogen) atoms. The van der Waals surface area contributed by atoms with Gasteiger partial charge < -0.3 is 15.6 Å². The number of nitrogen functional groups attached to an aromatic ring is 1. The van der Waals surface area contributed by atoms with Crippen LogP contribution >= 0.6 is 23.4 Å². The number of fused-ring (bicyclic) bond motifs is 1. The molecule has 0 atom stereocenters. The molecule has 0 saturated heterocycles. The first-order chi connectivity index (χ1) is 15.9. The third-order valence-corrected chi connectivity index (χ3v) is 6.65. The van der Waals surface area contributed by atoms with Gasteiger partial charge in [0.15, 0.2) is 11.0 Å². The molecule has 10 heteroatoms. The molecule has 0 unspecified atom stereocenters. The number of hydrogen-bond acceptors (Lipinski definition) is 7. The molecule has 0 aliphatic heterocycles. The maximum atomic E-state index is 6.61. The lowest BCUT2D eigenvalue weighted by molar-refractivity contribution is 0.790. The fourth-order valence-electron chi connectivity index (χ4n) is 3.65. The van der Waals surface area contributed by atoms with Gasteiger partial charge in [-0.15, -0.1) is 5.10 Å². The van der Waals surface area contributed by atoms with Crippen LogP contribution < -0.4 is 11.1 Å². The summed E-state index contributed by atoms with van der Waals surface area (Å²) in [6, 6.07) is 12.0. The third-order valence-electron chi connectivity index (χ3n) is 5.07. The van der Waals surface area contributed by atoms with Gasteiger partial charge in [0.1, 0.15) is 0 Å². The summed E-state index contributed by atoms with van der Waals surface area (Å²) in [5, 5.41) is 9.21. The van der Waals surface area contributed by atoms with E-state index in [0.29, 0.717) is 16.5 Å². The molecule has 0 fully saturated rings. The molecule has 0 bridgehead atoms. The lowest BCUT2D eigenvalue weighted by Crippen LogP contribution is -2.02. The van der Waals surface area contributed by atoms with E-state index in [2.05, 4.69) is 57.4 Å². The van der Waals surface area contributed by atoms with Crippen molar-refractivity contribution < 1.29 is 0 Å². The highest BCUT2D eigenvalue weighted by Crippen LogP contribution is 2.35. The molecular weight excluding hydrogens is 456 g/mol. The molecule has 0 aliphatic rings. The first-order valence-electron chi connectivity index (χ1n) is 10.2. The van der Waals surface area contributed by atoms with Gasteiger partial charge in [0.2, 0.25) is 11.6 Å². The van der Waals surface area contributed by atoms with Gasteiger partial charge in [-0.1, -0.05) is 35.5 Å². The molecule has 5 rings (SSSR count). The van der Waals surface area contributed by atoms with E-state index < -0.39 is 0 Å². The number of anilines is 3. The maximum absolute atomic E-state index is 6.61. The quantitative estimate of drug-likeness (QED) is 0.356. The number of hydrogen-bond donors (Lipinski definition) is 2. The highest BCUT2D eigenvalue weighted by molar-refractivity contribution is 7.99. The number of nitrogens with one attached hydrogen (secondary N) is 1. The summed E-state index contributed by atoms with van der Waals surface area (Å²) < 4.78 is 3.63. The minimum atomic E-state index is 0.167. The Kier molecular flexibility index (Phi) is 5.43. The molecule has 3 aromatic heterocycles. The number of aryl methyl sites for hydroxylation is 3. The molecule has 8 nitrogen and oxygen atoms in total. The Hall–Kier alpha value is -3.56. The van der Waals surface area contributed by atoms with E-state index in [1.165, 1.54) is 11.8 Å². The van der Waals surface area contributed by atoms with E-state index in [1.54, 1.807) is 16.9 Å². The first kappa shape index (κ1) is 21.3. The predicted octanol–water partition coefficient (Wildman–Crippen LogP) is 5.27. The van der Waals surface area contributed by atoms with Crippen LogP contribution in [0.2, 0.25) is 5.02 Å². The molecule has 0 spiro atoms. The van der Waals surface area contributed by atoms with E-state index in [-0.39, 0.29) is 5.95 Å². The van der Waals surface area contributed by atoms with Gasteiger partial charge in [0, 0.05) is 35.6 Å². The zero-order valence-electron chi connectivity index (χ0n) is 18.2. The Balaban J connectivity index is 1.52. The van der Waals surface area contributed by atoms with Crippen molar-refractivity contribution in [2.45, 2.75) is 23.9 Å². The minimum absolute atomic E-state index is 0.167. The van der Waals surface area contributed by atoms with Crippen LogP contribution in [0, 0.1) is 13.8 Å². The summed E-state index contributed by atoms with van der Waals surface area (Å²) in [5.74, 6) is 0.738. The van der Waals surface area contributed by atoms with Crippen LogP contribution in [-0.2, 0) is 7.05 Å². The average molecular weight is 477 g/mol. The van der Waals surface area contributed by atoms with Gasteiger partial charge in [-0.3, -0.25) is 0 Å². The average Bonchev–Trinajstić information content (AvgIpc) is 3.34. The van der Waals surface area contributed by atoms with Crippen molar-refractivity contribution in [2.75, 3.05) is 11.1 Å². The smallest absolute Gasteiger partial charge is 0.240 e. The minimum Gasteiger partial charge on any atom is -0.366 e. The van der Waals surface area contributed by atoms with E-state index >= 15 is 0 Å². The number of aromatic nitrogens is 6. The second kappa shape index (κ2) is 8.42. The summed E-state index contributed by atoms with van der Waals surface area (Å²) in [6.45, 7) is 4.11. The van der Waals surface area contributed by atoms with E-state index in [0.717, 1.165) is 38.1 Å². The van der Waals surface area contributed by atoms with Crippen molar-refractivity contribution in [1.29, 1.82) is 0 Å². The molecule has 0 saturated carbocycles. The van der Waals surface area contributed by atoms with Gasteiger partial charge in [0.25, 0.3) is 0 Å². The van der Waals surface area contributed by atoms with Crippen molar-refractivity contribution in [3.8, 4) is 11.3 Å². The van der Waals surface area contributed by atoms with Gasteiger partial charge >= 0.3 is 0 Å². The van der Waals surface area contributed by atoms with E-state index in [4.69, 9.17) is 17.3 Å². The van der Waals surface area contributed by atoms with Crippen LogP contribution in [0.5, 0.6) is 0 Å². The number of halogens is 1. The largest absolute Gasteiger partial charge is 0.366 e. The number of nitrogens with two attached hydrogens (primary N) is 1. The maximum Gasteiger partial charge on any atom is 0.240 e. The van der Waals surface area contributed by atoms with Crippen LogP contribution in [0.15, 0.2) is 65.0 Å². The summed E-state index contributed by atoms with van der Waals surface area (Å²) in [6.07, 6.45) is 5.40. The second-order valence-electron chi connectivity index (χ2n) is 7.77. The lowest BCUT2D eigenvalue weighted by atomic mass is 10.1. The van der Waals surface area contributed by atoms with E-state index in [1.807, 2.05) is 36.0 Å². The molecule has 3 N–H and O–H groups in total. The summed E-state index contributed by atoms with van der Waals surface area (Å²) in [5.41, 5.74) is 11.3.